The van der Waals surface area contributed by atoms with Crippen LogP contribution in [0.4, 0.5) is 5.82 Å². The van der Waals surface area contributed by atoms with Crippen LogP contribution in [0.1, 0.15) is 30.9 Å². The topological polar surface area (TPSA) is 51.5 Å². The van der Waals surface area contributed by atoms with Crippen LogP contribution in [0.3, 0.4) is 0 Å². The summed E-state index contributed by atoms with van der Waals surface area (Å²) in [4.78, 5) is 4.55. The first-order chi connectivity index (χ1) is 11.8. The zero-order valence-electron chi connectivity index (χ0n) is 13.7. The van der Waals surface area contributed by atoms with E-state index >= 15 is 0 Å². The Morgan fingerprint density at radius 2 is 2.08 bits per heavy atom. The number of unbranched alkanes of at least 4 members (excludes halogenated alkanes) is 1. The lowest BCUT2D eigenvalue weighted by Crippen LogP contribution is -2.13. The highest BCUT2D eigenvalue weighted by Gasteiger charge is 2.15. The van der Waals surface area contributed by atoms with Crippen LogP contribution in [-0.4, -0.2) is 28.3 Å². The van der Waals surface area contributed by atoms with Crippen molar-refractivity contribution in [3.63, 3.8) is 0 Å². The lowest BCUT2D eigenvalue weighted by atomic mass is 10.0. The third-order valence-corrected chi connectivity index (χ3v) is 4.78. The van der Waals surface area contributed by atoms with Crippen LogP contribution in [-0.2, 0) is 4.74 Å². The Hall–Kier alpha value is -1.67. The molecule has 5 nitrogen and oxygen atoms in total. The minimum atomic E-state index is 0.215. The first-order valence-electron chi connectivity index (χ1n) is 8.08. The zero-order chi connectivity index (χ0) is 16.8. The summed E-state index contributed by atoms with van der Waals surface area (Å²) in [7, 11) is 1.75. The van der Waals surface area contributed by atoms with Crippen LogP contribution >= 0.6 is 22.6 Å². The Morgan fingerprint density at radius 1 is 1.25 bits per heavy atom. The predicted molar refractivity (Wildman–Crippen MR) is 104 cm³/mol. The summed E-state index contributed by atoms with van der Waals surface area (Å²) < 4.78 is 8.12. The van der Waals surface area contributed by atoms with E-state index in [2.05, 4.69) is 62.3 Å². The molecule has 1 atom stereocenters. The van der Waals surface area contributed by atoms with Gasteiger partial charge in [0.15, 0.2) is 5.82 Å². The largest absolute Gasteiger partial charge is 0.385 e. The molecule has 0 aliphatic heterocycles. The number of fused-ring (bicyclic) bond motifs is 1. The molecule has 0 aliphatic rings. The molecule has 24 heavy (non-hydrogen) atoms. The minimum Gasteiger partial charge on any atom is -0.385 e. The van der Waals surface area contributed by atoms with E-state index in [1.807, 2.05) is 23.0 Å². The molecule has 1 aromatic carbocycles. The Balaban J connectivity index is 1.83. The summed E-state index contributed by atoms with van der Waals surface area (Å²) in [5.74, 6) is 0.875. The second-order valence-electron chi connectivity index (χ2n) is 5.66. The molecule has 1 unspecified atom stereocenters. The second kappa shape index (κ2) is 8.43. The molecular formula is C18H21IN4O. The van der Waals surface area contributed by atoms with Crippen molar-refractivity contribution in [3.8, 4) is 0 Å². The van der Waals surface area contributed by atoms with E-state index in [0.717, 1.165) is 40.8 Å². The maximum absolute atomic E-state index is 5.17. The highest BCUT2D eigenvalue weighted by Crippen LogP contribution is 2.27. The maximum Gasteiger partial charge on any atom is 0.153 e. The molecule has 0 saturated carbocycles. The van der Waals surface area contributed by atoms with Gasteiger partial charge in [-0.05, 0) is 47.4 Å². The number of benzene rings is 1. The number of halogens is 1. The molecule has 3 rings (SSSR count). The summed E-state index contributed by atoms with van der Waals surface area (Å²) in [5.41, 5.74) is 2.30. The number of aromatic nitrogens is 3. The van der Waals surface area contributed by atoms with Crippen LogP contribution in [0.25, 0.3) is 5.52 Å². The van der Waals surface area contributed by atoms with Gasteiger partial charge in [0.2, 0.25) is 0 Å². The van der Waals surface area contributed by atoms with Gasteiger partial charge < -0.3 is 10.1 Å². The first-order valence-corrected chi connectivity index (χ1v) is 9.15. The van der Waals surface area contributed by atoms with Gasteiger partial charge in [-0.25, -0.2) is 9.50 Å². The van der Waals surface area contributed by atoms with Gasteiger partial charge in [0.05, 0.1) is 15.8 Å². The van der Waals surface area contributed by atoms with Crippen LogP contribution in [0.2, 0.25) is 0 Å². The SMILES string of the molecule is COCCCCC(Nc1nccn2ncc(I)c12)c1ccccc1. The molecule has 0 spiro atoms. The number of methoxy groups -OCH3 is 1. The van der Waals surface area contributed by atoms with Crippen molar-refractivity contribution < 1.29 is 4.74 Å². The quantitative estimate of drug-likeness (QED) is 0.423. The average Bonchev–Trinajstić information content (AvgIpc) is 3.00. The Labute approximate surface area is 155 Å². The fourth-order valence-corrected chi connectivity index (χ4v) is 3.41. The molecule has 0 fully saturated rings. The Morgan fingerprint density at radius 3 is 2.88 bits per heavy atom. The van der Waals surface area contributed by atoms with E-state index in [9.17, 15) is 0 Å². The molecular weight excluding hydrogens is 415 g/mol. The van der Waals surface area contributed by atoms with Gasteiger partial charge in [-0.3, -0.25) is 0 Å². The number of anilines is 1. The van der Waals surface area contributed by atoms with Crippen molar-refractivity contribution in [2.75, 3.05) is 19.0 Å². The second-order valence-corrected chi connectivity index (χ2v) is 6.82. The standard InChI is InChI=1S/C18H21IN4O/c1-24-12-6-5-9-16(14-7-3-2-4-8-14)22-18-17-15(19)13-21-23(17)11-10-20-18/h2-4,7-8,10-11,13,16H,5-6,9,12H2,1H3,(H,20,22). The lowest BCUT2D eigenvalue weighted by molar-refractivity contribution is 0.191. The third-order valence-electron chi connectivity index (χ3n) is 3.99. The fourth-order valence-electron chi connectivity index (χ4n) is 2.78. The first kappa shape index (κ1) is 17.2. The van der Waals surface area contributed by atoms with Gasteiger partial charge in [0.1, 0.15) is 5.52 Å². The average molecular weight is 436 g/mol. The summed E-state index contributed by atoms with van der Waals surface area (Å²) >= 11 is 2.30. The molecule has 1 N–H and O–H groups in total. The lowest BCUT2D eigenvalue weighted by Gasteiger charge is -2.20. The number of hydrogen-bond acceptors (Lipinski definition) is 4. The van der Waals surface area contributed by atoms with Gasteiger partial charge in [-0.2, -0.15) is 5.10 Å². The maximum atomic E-state index is 5.17. The number of hydrogen-bond donors (Lipinski definition) is 1. The van der Waals surface area contributed by atoms with E-state index in [0.29, 0.717) is 0 Å². The minimum absolute atomic E-state index is 0.215. The van der Waals surface area contributed by atoms with E-state index in [1.54, 1.807) is 13.3 Å². The van der Waals surface area contributed by atoms with Gasteiger partial charge in [-0.15, -0.1) is 0 Å². The molecule has 0 aliphatic carbocycles. The van der Waals surface area contributed by atoms with Crippen LogP contribution in [0.15, 0.2) is 48.9 Å². The number of nitrogens with zero attached hydrogens (tertiary/aromatic N) is 3. The van der Waals surface area contributed by atoms with Gasteiger partial charge in [0, 0.05) is 26.1 Å². The van der Waals surface area contributed by atoms with E-state index in [-0.39, 0.29) is 6.04 Å². The fraction of sp³-hybridized carbons (Fsp3) is 0.333. The molecule has 0 radical (unpaired) electrons. The van der Waals surface area contributed by atoms with Crippen LogP contribution < -0.4 is 5.32 Å². The molecule has 0 amide bonds. The molecule has 6 heteroatoms. The van der Waals surface area contributed by atoms with E-state index < -0.39 is 0 Å². The molecule has 3 aromatic rings. The smallest absolute Gasteiger partial charge is 0.153 e. The molecule has 126 valence electrons. The van der Waals surface area contributed by atoms with Crippen molar-refractivity contribution in [1.29, 1.82) is 0 Å². The Bertz CT molecular complexity index is 775. The highest BCUT2D eigenvalue weighted by molar-refractivity contribution is 14.1. The van der Waals surface area contributed by atoms with Crippen molar-refractivity contribution in [2.24, 2.45) is 0 Å². The molecule has 2 heterocycles. The van der Waals surface area contributed by atoms with E-state index in [4.69, 9.17) is 4.74 Å². The summed E-state index contributed by atoms with van der Waals surface area (Å²) in [5, 5.41) is 7.98. The number of nitrogens with one attached hydrogen (secondary N) is 1. The predicted octanol–water partition coefficient (Wildman–Crippen LogP) is 4.30. The highest BCUT2D eigenvalue weighted by atomic mass is 127. The van der Waals surface area contributed by atoms with Crippen LogP contribution in [0, 0.1) is 3.57 Å². The number of ether oxygens (including phenoxy) is 1. The molecule has 2 aromatic heterocycles. The van der Waals surface area contributed by atoms with Gasteiger partial charge in [0.25, 0.3) is 0 Å². The van der Waals surface area contributed by atoms with Gasteiger partial charge in [-0.1, -0.05) is 30.3 Å². The summed E-state index contributed by atoms with van der Waals surface area (Å²) in [6.45, 7) is 0.801. The van der Waals surface area contributed by atoms with Crippen molar-refractivity contribution >= 4 is 33.9 Å². The van der Waals surface area contributed by atoms with Crippen molar-refractivity contribution in [3.05, 3.63) is 58.1 Å². The van der Waals surface area contributed by atoms with Crippen LogP contribution in [0.5, 0.6) is 0 Å². The normalized spacial score (nSPS) is 12.4. The molecule has 0 saturated heterocycles. The third kappa shape index (κ3) is 4.05. The van der Waals surface area contributed by atoms with Crippen molar-refractivity contribution in [2.45, 2.75) is 25.3 Å². The van der Waals surface area contributed by atoms with Gasteiger partial charge >= 0.3 is 0 Å². The van der Waals surface area contributed by atoms with E-state index in [1.165, 1.54) is 5.56 Å². The zero-order valence-corrected chi connectivity index (χ0v) is 15.8. The monoisotopic (exact) mass is 436 g/mol. The Kier molecular flexibility index (Phi) is 6.03. The summed E-state index contributed by atoms with van der Waals surface area (Å²) in [6.07, 6.45) is 8.70. The number of rotatable bonds is 8. The van der Waals surface area contributed by atoms with Crippen molar-refractivity contribution in [1.82, 2.24) is 14.6 Å². The summed E-state index contributed by atoms with van der Waals surface area (Å²) in [6, 6.07) is 10.7. The molecule has 0 bridgehead atoms.